The second-order valence-electron chi connectivity index (χ2n) is 7.27. The van der Waals surface area contributed by atoms with Crippen LogP contribution in [0, 0.1) is 11.8 Å². The van der Waals surface area contributed by atoms with Gasteiger partial charge in [0.15, 0.2) is 0 Å². The van der Waals surface area contributed by atoms with Crippen molar-refractivity contribution >= 4 is 0 Å². The van der Waals surface area contributed by atoms with Crippen molar-refractivity contribution in [2.45, 2.75) is 71.1 Å². The summed E-state index contributed by atoms with van der Waals surface area (Å²) in [5.41, 5.74) is 2.32. The first-order chi connectivity index (χ1) is 14.0. The van der Waals surface area contributed by atoms with Crippen molar-refractivity contribution in [1.82, 2.24) is 5.32 Å². The second-order valence-corrected chi connectivity index (χ2v) is 7.27. The van der Waals surface area contributed by atoms with Crippen molar-refractivity contribution in [1.29, 1.82) is 0 Å². The third-order valence-electron chi connectivity index (χ3n) is 4.82. The second kappa shape index (κ2) is 12.3. The van der Waals surface area contributed by atoms with Gasteiger partial charge in [0.25, 0.3) is 0 Å². The summed E-state index contributed by atoms with van der Waals surface area (Å²) in [6, 6.07) is 13.3. The van der Waals surface area contributed by atoms with Gasteiger partial charge in [-0.2, -0.15) is 13.2 Å². The summed E-state index contributed by atoms with van der Waals surface area (Å²) in [6.07, 6.45) is 4.20. The Morgan fingerprint density at radius 3 is 2.24 bits per heavy atom. The van der Waals surface area contributed by atoms with Gasteiger partial charge in [0.2, 0.25) is 0 Å². The minimum absolute atomic E-state index is 0.512. The number of benzene rings is 2. The summed E-state index contributed by atoms with van der Waals surface area (Å²) >= 11 is 0. The molecule has 0 aliphatic rings. The van der Waals surface area contributed by atoms with Gasteiger partial charge in [-0.3, -0.25) is 0 Å². The molecule has 0 heterocycles. The summed E-state index contributed by atoms with van der Waals surface area (Å²) in [7, 11) is 0. The summed E-state index contributed by atoms with van der Waals surface area (Å²) in [5.74, 6) is 6.55. The summed E-state index contributed by atoms with van der Waals surface area (Å²) in [6.45, 7) is 3.36. The molecule has 0 radical (unpaired) electrons. The zero-order valence-electron chi connectivity index (χ0n) is 17.1. The van der Waals surface area contributed by atoms with E-state index < -0.39 is 11.7 Å². The fourth-order valence-electron chi connectivity index (χ4n) is 3.10. The lowest BCUT2D eigenvalue weighted by molar-refractivity contribution is -0.137. The molecule has 2 aromatic carbocycles. The quantitative estimate of drug-likeness (QED) is 0.331. The fourth-order valence-corrected chi connectivity index (χ4v) is 3.10. The van der Waals surface area contributed by atoms with Gasteiger partial charge in [0.1, 0.15) is 0 Å². The Morgan fingerprint density at radius 1 is 0.828 bits per heavy atom. The van der Waals surface area contributed by atoms with Gasteiger partial charge in [0.05, 0.1) is 5.56 Å². The number of alkyl halides is 3. The molecule has 0 aliphatic heterocycles. The fraction of sp³-hybridized carbons (Fsp3) is 0.440. The molecule has 4 heteroatoms. The Kier molecular flexibility index (Phi) is 9.80. The zero-order valence-corrected chi connectivity index (χ0v) is 17.1. The summed E-state index contributed by atoms with van der Waals surface area (Å²) < 4.78 is 37.9. The number of unbranched alkanes of at least 4 members (excludes halogenated alkanes) is 6. The van der Waals surface area contributed by atoms with E-state index in [2.05, 4.69) is 24.1 Å². The molecule has 1 nitrogen and oxygen atoms in total. The lowest BCUT2D eigenvalue weighted by Gasteiger charge is -2.09. The average molecular weight is 402 g/mol. The van der Waals surface area contributed by atoms with Crippen LogP contribution in [0.2, 0.25) is 0 Å². The zero-order chi connectivity index (χ0) is 21.0. The highest BCUT2D eigenvalue weighted by Crippen LogP contribution is 2.29. The Morgan fingerprint density at radius 2 is 1.52 bits per heavy atom. The van der Waals surface area contributed by atoms with Gasteiger partial charge in [-0.1, -0.05) is 81.2 Å². The lowest BCUT2D eigenvalue weighted by Crippen LogP contribution is -2.14. The molecule has 29 heavy (non-hydrogen) atoms. The highest BCUT2D eigenvalue weighted by molar-refractivity contribution is 5.41. The first-order valence-electron chi connectivity index (χ1n) is 10.4. The first-order valence-corrected chi connectivity index (χ1v) is 10.4. The molecule has 2 aromatic rings. The molecule has 1 N–H and O–H groups in total. The highest BCUT2D eigenvalue weighted by atomic mass is 19.4. The molecule has 156 valence electrons. The first kappa shape index (κ1) is 23.0. The van der Waals surface area contributed by atoms with Crippen molar-refractivity contribution in [3.63, 3.8) is 0 Å². The van der Waals surface area contributed by atoms with Gasteiger partial charge in [-0.25, -0.2) is 0 Å². The Bertz CT molecular complexity index is 782. The molecule has 0 saturated heterocycles. The van der Waals surface area contributed by atoms with E-state index in [0.717, 1.165) is 41.7 Å². The Labute approximate surface area is 172 Å². The van der Waals surface area contributed by atoms with Crippen LogP contribution in [0.25, 0.3) is 0 Å². The van der Waals surface area contributed by atoms with Crippen LogP contribution in [0.15, 0.2) is 48.5 Å². The van der Waals surface area contributed by atoms with Crippen LogP contribution in [0.5, 0.6) is 0 Å². The summed E-state index contributed by atoms with van der Waals surface area (Å²) in [5, 5.41) is 3.30. The van der Waals surface area contributed by atoms with E-state index in [1.54, 1.807) is 0 Å². The maximum absolute atomic E-state index is 12.6. The lowest BCUT2D eigenvalue weighted by atomic mass is 10.1. The SMILES string of the molecule is CCCCCCCCC#Cc1ccccc1CNCc1ccc(C(F)(F)F)cc1. The maximum atomic E-state index is 12.6. The number of rotatable bonds is 10. The monoisotopic (exact) mass is 401 g/mol. The van der Waals surface area contributed by atoms with E-state index in [1.807, 2.05) is 24.3 Å². The molecule has 0 spiro atoms. The van der Waals surface area contributed by atoms with Crippen LogP contribution in [0.3, 0.4) is 0 Å². The third-order valence-corrected chi connectivity index (χ3v) is 4.82. The topological polar surface area (TPSA) is 12.0 Å². The standard InChI is InChI=1S/C25H30F3N/c1-2-3-4-5-6-7-8-9-12-22-13-10-11-14-23(22)20-29-19-21-15-17-24(18-16-21)25(26,27)28/h10-11,13-18,29H,2-8,19-20H2,1H3. The Balaban J connectivity index is 1.79. The molecular weight excluding hydrogens is 371 g/mol. The van der Waals surface area contributed by atoms with Crippen molar-refractivity contribution in [2.75, 3.05) is 0 Å². The molecule has 0 unspecified atom stereocenters. The molecular formula is C25H30F3N. The van der Waals surface area contributed by atoms with E-state index in [1.165, 1.54) is 44.2 Å². The van der Waals surface area contributed by atoms with E-state index in [-0.39, 0.29) is 0 Å². The van der Waals surface area contributed by atoms with E-state index in [4.69, 9.17) is 0 Å². The van der Waals surface area contributed by atoms with Gasteiger partial charge < -0.3 is 5.32 Å². The van der Waals surface area contributed by atoms with Crippen molar-refractivity contribution < 1.29 is 13.2 Å². The maximum Gasteiger partial charge on any atom is 0.416 e. The molecule has 0 aromatic heterocycles. The molecule has 2 rings (SSSR count). The largest absolute Gasteiger partial charge is 0.416 e. The van der Waals surface area contributed by atoms with Crippen molar-refractivity contribution in [3.8, 4) is 11.8 Å². The van der Waals surface area contributed by atoms with Crippen LogP contribution in [0.4, 0.5) is 13.2 Å². The smallest absolute Gasteiger partial charge is 0.309 e. The Hall–Kier alpha value is -2.25. The minimum Gasteiger partial charge on any atom is -0.309 e. The van der Waals surface area contributed by atoms with Crippen LogP contribution >= 0.6 is 0 Å². The molecule has 0 fully saturated rings. The molecule has 0 atom stereocenters. The number of hydrogen-bond acceptors (Lipinski definition) is 1. The predicted octanol–water partition coefficient (Wildman–Crippen LogP) is 7.10. The summed E-state index contributed by atoms with van der Waals surface area (Å²) in [4.78, 5) is 0. The van der Waals surface area contributed by atoms with Gasteiger partial charge in [-0.15, -0.1) is 0 Å². The van der Waals surface area contributed by atoms with Crippen molar-refractivity contribution in [3.05, 3.63) is 70.8 Å². The number of halogens is 3. The molecule has 0 bridgehead atoms. The minimum atomic E-state index is -4.29. The molecule has 0 saturated carbocycles. The van der Waals surface area contributed by atoms with E-state index in [9.17, 15) is 13.2 Å². The third kappa shape index (κ3) is 8.75. The molecule has 0 aliphatic carbocycles. The van der Waals surface area contributed by atoms with Gasteiger partial charge in [-0.05, 0) is 35.7 Å². The van der Waals surface area contributed by atoms with Crippen molar-refractivity contribution in [2.24, 2.45) is 0 Å². The van der Waals surface area contributed by atoms with E-state index in [0.29, 0.717) is 13.1 Å². The van der Waals surface area contributed by atoms with Crippen LogP contribution < -0.4 is 5.32 Å². The normalized spacial score (nSPS) is 11.2. The highest BCUT2D eigenvalue weighted by Gasteiger charge is 2.29. The number of hydrogen-bond donors (Lipinski definition) is 1. The van der Waals surface area contributed by atoms with Gasteiger partial charge in [0, 0.05) is 25.1 Å². The molecule has 0 amide bonds. The predicted molar refractivity (Wildman–Crippen MR) is 113 cm³/mol. The van der Waals surface area contributed by atoms with E-state index >= 15 is 0 Å². The average Bonchev–Trinajstić information content (AvgIpc) is 2.71. The van der Waals surface area contributed by atoms with Crippen LogP contribution in [-0.2, 0) is 19.3 Å². The van der Waals surface area contributed by atoms with Gasteiger partial charge >= 0.3 is 6.18 Å². The van der Waals surface area contributed by atoms with Crippen LogP contribution in [-0.4, -0.2) is 0 Å². The van der Waals surface area contributed by atoms with Crippen LogP contribution in [0.1, 0.15) is 74.1 Å². The number of nitrogens with one attached hydrogen (secondary N) is 1.